The fourth-order valence-corrected chi connectivity index (χ4v) is 1.83. The number of hydrogen-bond acceptors (Lipinski definition) is 2. The Morgan fingerprint density at radius 3 is 2.26 bits per heavy atom. The summed E-state index contributed by atoms with van der Waals surface area (Å²) in [4.78, 5) is 16.3. The van der Waals surface area contributed by atoms with Crippen LogP contribution in [0.1, 0.15) is 38.8 Å². The van der Waals surface area contributed by atoms with Crippen molar-refractivity contribution in [2.24, 2.45) is 4.99 Å². The molecule has 0 fully saturated rings. The highest BCUT2D eigenvalue weighted by molar-refractivity contribution is 14.0. The summed E-state index contributed by atoms with van der Waals surface area (Å²) in [7, 11) is 0. The van der Waals surface area contributed by atoms with Crippen molar-refractivity contribution in [3.63, 3.8) is 0 Å². The predicted octanol–water partition coefficient (Wildman–Crippen LogP) is 2.58. The Morgan fingerprint density at radius 2 is 1.74 bits per heavy atom. The normalized spacial score (nSPS) is 11.4. The summed E-state index contributed by atoms with van der Waals surface area (Å²) in [6.07, 6.45) is 0. The minimum Gasteiger partial charge on any atom is -0.357 e. The van der Waals surface area contributed by atoms with Crippen LogP contribution in [0.4, 0.5) is 0 Å². The number of nitrogens with zero attached hydrogens (tertiary/aromatic N) is 1. The zero-order chi connectivity index (χ0) is 16.6. The molecular formula is C17H29IN4O. The lowest BCUT2D eigenvalue weighted by molar-refractivity contribution is -0.121. The first-order chi connectivity index (χ1) is 10.3. The molecule has 0 saturated carbocycles. The number of halogens is 1. The Bertz CT molecular complexity index is 506. The molecule has 1 aromatic carbocycles. The van der Waals surface area contributed by atoms with E-state index in [0.717, 1.165) is 12.1 Å². The molecule has 0 aliphatic rings. The van der Waals surface area contributed by atoms with Crippen LogP contribution in [0.3, 0.4) is 0 Å². The fourth-order valence-electron chi connectivity index (χ4n) is 1.83. The van der Waals surface area contributed by atoms with E-state index in [4.69, 9.17) is 0 Å². The van der Waals surface area contributed by atoms with Gasteiger partial charge in [-0.15, -0.1) is 24.0 Å². The summed E-state index contributed by atoms with van der Waals surface area (Å²) >= 11 is 0. The molecule has 0 saturated heterocycles. The van der Waals surface area contributed by atoms with Crippen molar-refractivity contribution in [3.8, 4) is 0 Å². The van der Waals surface area contributed by atoms with Crippen LogP contribution in [0.25, 0.3) is 0 Å². The minimum absolute atomic E-state index is 0. The number of aryl methyl sites for hydroxylation is 1. The Hall–Kier alpha value is -1.31. The van der Waals surface area contributed by atoms with Crippen molar-refractivity contribution in [1.82, 2.24) is 16.0 Å². The van der Waals surface area contributed by atoms with Gasteiger partial charge in [-0.3, -0.25) is 4.79 Å². The van der Waals surface area contributed by atoms with E-state index in [1.54, 1.807) is 0 Å². The Morgan fingerprint density at radius 1 is 1.13 bits per heavy atom. The summed E-state index contributed by atoms with van der Waals surface area (Å²) < 4.78 is 0. The van der Waals surface area contributed by atoms with Gasteiger partial charge in [-0.25, -0.2) is 4.99 Å². The SMILES string of the molecule is CCNC(=NCc1ccc(C)cc1)NCC(=O)NC(C)(C)C.I. The van der Waals surface area contributed by atoms with Crippen LogP contribution in [-0.4, -0.2) is 30.5 Å². The second-order valence-electron chi connectivity index (χ2n) is 6.33. The maximum atomic E-state index is 11.8. The van der Waals surface area contributed by atoms with Crippen LogP contribution in [-0.2, 0) is 11.3 Å². The zero-order valence-electron chi connectivity index (χ0n) is 14.7. The van der Waals surface area contributed by atoms with E-state index in [2.05, 4.69) is 52.1 Å². The summed E-state index contributed by atoms with van der Waals surface area (Å²) in [5.41, 5.74) is 2.15. The molecule has 130 valence electrons. The molecule has 6 heteroatoms. The molecule has 1 rings (SSSR count). The number of carbonyl (C=O) groups is 1. The number of aliphatic imine (C=N–C) groups is 1. The topological polar surface area (TPSA) is 65.5 Å². The van der Waals surface area contributed by atoms with Crippen LogP contribution in [0, 0.1) is 6.92 Å². The van der Waals surface area contributed by atoms with E-state index in [-0.39, 0.29) is 42.0 Å². The lowest BCUT2D eigenvalue weighted by atomic mass is 10.1. The van der Waals surface area contributed by atoms with E-state index < -0.39 is 0 Å². The minimum atomic E-state index is -0.226. The van der Waals surface area contributed by atoms with Crippen molar-refractivity contribution < 1.29 is 4.79 Å². The summed E-state index contributed by atoms with van der Waals surface area (Å²) in [5, 5.41) is 9.11. The molecule has 0 aromatic heterocycles. The van der Waals surface area contributed by atoms with Gasteiger partial charge in [0.15, 0.2) is 5.96 Å². The fraction of sp³-hybridized carbons (Fsp3) is 0.529. The van der Waals surface area contributed by atoms with Crippen molar-refractivity contribution >= 4 is 35.8 Å². The first-order valence-corrected chi connectivity index (χ1v) is 7.69. The number of rotatable bonds is 5. The molecule has 1 aromatic rings. The van der Waals surface area contributed by atoms with Crippen molar-refractivity contribution in [1.29, 1.82) is 0 Å². The van der Waals surface area contributed by atoms with Crippen molar-refractivity contribution in [2.45, 2.75) is 46.7 Å². The molecule has 1 amide bonds. The molecule has 0 aliphatic heterocycles. The highest BCUT2D eigenvalue weighted by Gasteiger charge is 2.13. The quantitative estimate of drug-likeness (QED) is 0.381. The predicted molar refractivity (Wildman–Crippen MR) is 107 cm³/mol. The number of amides is 1. The van der Waals surface area contributed by atoms with Gasteiger partial charge >= 0.3 is 0 Å². The highest BCUT2D eigenvalue weighted by Crippen LogP contribution is 2.04. The van der Waals surface area contributed by atoms with E-state index in [9.17, 15) is 4.79 Å². The van der Waals surface area contributed by atoms with E-state index in [1.165, 1.54) is 5.56 Å². The number of benzene rings is 1. The number of carbonyl (C=O) groups excluding carboxylic acids is 1. The molecule has 5 nitrogen and oxygen atoms in total. The van der Waals surface area contributed by atoms with Crippen LogP contribution in [0.15, 0.2) is 29.3 Å². The summed E-state index contributed by atoms with van der Waals surface area (Å²) in [6, 6.07) is 8.27. The van der Waals surface area contributed by atoms with Gasteiger partial charge < -0.3 is 16.0 Å². The lowest BCUT2D eigenvalue weighted by Crippen LogP contribution is -2.48. The third-order valence-corrected chi connectivity index (χ3v) is 2.82. The molecule has 0 spiro atoms. The average molecular weight is 432 g/mol. The van der Waals surface area contributed by atoms with Gasteiger partial charge in [-0.1, -0.05) is 29.8 Å². The standard InChI is InChI=1S/C17H28N4O.HI/c1-6-18-16(20-12-15(22)21-17(3,4)5)19-11-14-9-7-13(2)8-10-14;/h7-10H,6,11-12H2,1-5H3,(H,21,22)(H2,18,19,20);1H. The molecule has 0 atom stereocenters. The lowest BCUT2D eigenvalue weighted by Gasteiger charge is -2.21. The van der Waals surface area contributed by atoms with Gasteiger partial charge in [-0.2, -0.15) is 0 Å². The zero-order valence-corrected chi connectivity index (χ0v) is 17.0. The third kappa shape index (κ3) is 10.1. The van der Waals surface area contributed by atoms with Crippen LogP contribution >= 0.6 is 24.0 Å². The van der Waals surface area contributed by atoms with Gasteiger partial charge in [0.05, 0.1) is 13.1 Å². The number of hydrogen-bond donors (Lipinski definition) is 3. The van der Waals surface area contributed by atoms with Gasteiger partial charge in [0, 0.05) is 12.1 Å². The average Bonchev–Trinajstić information content (AvgIpc) is 2.42. The second kappa shape index (κ2) is 10.5. The summed E-state index contributed by atoms with van der Waals surface area (Å²) in [6.45, 7) is 11.5. The molecule has 0 radical (unpaired) electrons. The largest absolute Gasteiger partial charge is 0.357 e. The number of guanidine groups is 1. The van der Waals surface area contributed by atoms with Gasteiger partial charge in [0.25, 0.3) is 0 Å². The van der Waals surface area contributed by atoms with Gasteiger partial charge in [0.2, 0.25) is 5.91 Å². The molecule has 0 bridgehead atoms. The Kier molecular flexibility index (Phi) is 9.87. The van der Waals surface area contributed by atoms with E-state index in [0.29, 0.717) is 12.5 Å². The second-order valence-corrected chi connectivity index (χ2v) is 6.33. The molecule has 0 unspecified atom stereocenters. The van der Waals surface area contributed by atoms with Crippen LogP contribution < -0.4 is 16.0 Å². The maximum Gasteiger partial charge on any atom is 0.239 e. The molecule has 3 N–H and O–H groups in total. The monoisotopic (exact) mass is 432 g/mol. The van der Waals surface area contributed by atoms with Crippen molar-refractivity contribution in [3.05, 3.63) is 35.4 Å². The van der Waals surface area contributed by atoms with Gasteiger partial charge in [-0.05, 0) is 40.2 Å². The molecule has 23 heavy (non-hydrogen) atoms. The van der Waals surface area contributed by atoms with Crippen molar-refractivity contribution in [2.75, 3.05) is 13.1 Å². The maximum absolute atomic E-state index is 11.8. The van der Waals surface area contributed by atoms with Gasteiger partial charge in [0.1, 0.15) is 0 Å². The first-order valence-electron chi connectivity index (χ1n) is 7.69. The van der Waals surface area contributed by atoms with Crippen LogP contribution in [0.5, 0.6) is 0 Å². The van der Waals surface area contributed by atoms with E-state index >= 15 is 0 Å². The smallest absolute Gasteiger partial charge is 0.239 e. The first kappa shape index (κ1) is 21.7. The molecular weight excluding hydrogens is 403 g/mol. The number of nitrogens with one attached hydrogen (secondary N) is 3. The molecule has 0 aliphatic carbocycles. The van der Waals surface area contributed by atoms with E-state index in [1.807, 2.05) is 27.7 Å². The highest BCUT2D eigenvalue weighted by atomic mass is 127. The van der Waals surface area contributed by atoms with Crippen LogP contribution in [0.2, 0.25) is 0 Å². The molecule has 0 heterocycles. The Labute approximate surface area is 156 Å². The third-order valence-electron chi connectivity index (χ3n) is 2.82. The Balaban J connectivity index is 0.00000484. The summed E-state index contributed by atoms with van der Waals surface area (Å²) in [5.74, 6) is 0.598.